The minimum absolute atomic E-state index is 0.224. The van der Waals surface area contributed by atoms with Crippen LogP contribution in [0.1, 0.15) is 17.4 Å². The molecule has 0 bridgehead atoms. The van der Waals surface area contributed by atoms with Gasteiger partial charge in [-0.05, 0) is 48.9 Å². The van der Waals surface area contributed by atoms with Crippen molar-refractivity contribution in [1.82, 2.24) is 0 Å². The van der Waals surface area contributed by atoms with Gasteiger partial charge in [-0.15, -0.1) is 11.3 Å². The minimum Gasteiger partial charge on any atom is -0.374 e. The van der Waals surface area contributed by atoms with Gasteiger partial charge in [0.15, 0.2) is 0 Å². The molecule has 2 nitrogen and oxygen atoms in total. The van der Waals surface area contributed by atoms with Crippen LogP contribution in [-0.2, 0) is 12.8 Å². The van der Waals surface area contributed by atoms with Gasteiger partial charge < -0.3 is 10.6 Å². The highest BCUT2D eigenvalue weighted by atomic mass is 32.1. The normalized spacial score (nSPS) is 12.4. The summed E-state index contributed by atoms with van der Waals surface area (Å²) < 4.78 is 0. The molecular weight excluding hydrogens is 252 g/mol. The number of nitrogens with zero attached hydrogens (tertiary/aromatic N) is 1. The van der Waals surface area contributed by atoms with Gasteiger partial charge in [-0.3, -0.25) is 0 Å². The Balaban J connectivity index is 1.90. The Hall–Kier alpha value is -1.32. The zero-order valence-corrected chi connectivity index (χ0v) is 12.5. The lowest BCUT2D eigenvalue weighted by atomic mass is 10.1. The molecule has 3 heteroatoms. The minimum atomic E-state index is 0.224. The standard InChI is InChI=1S/C16H22N2S/c1-13(17)12-14-5-7-15(8-6-14)18(2)10-9-16-4-3-11-19-16/h3-8,11,13H,9-10,12,17H2,1-2H3. The number of hydrogen-bond acceptors (Lipinski definition) is 3. The molecule has 2 rings (SSSR count). The fraction of sp³-hybridized carbons (Fsp3) is 0.375. The number of anilines is 1. The van der Waals surface area contributed by atoms with Crippen LogP contribution in [-0.4, -0.2) is 19.6 Å². The van der Waals surface area contributed by atoms with Crippen molar-refractivity contribution in [2.75, 3.05) is 18.5 Å². The highest BCUT2D eigenvalue weighted by Crippen LogP contribution is 2.16. The maximum atomic E-state index is 5.81. The molecule has 1 aromatic carbocycles. The molecule has 0 amide bonds. The predicted octanol–water partition coefficient (Wildman–Crippen LogP) is 3.32. The second-order valence-electron chi connectivity index (χ2n) is 5.10. The fourth-order valence-corrected chi connectivity index (χ4v) is 2.82. The molecule has 1 heterocycles. The quantitative estimate of drug-likeness (QED) is 0.875. The van der Waals surface area contributed by atoms with E-state index in [4.69, 9.17) is 5.73 Å². The van der Waals surface area contributed by atoms with Gasteiger partial charge in [-0.2, -0.15) is 0 Å². The zero-order valence-electron chi connectivity index (χ0n) is 11.7. The molecule has 0 spiro atoms. The van der Waals surface area contributed by atoms with Gasteiger partial charge in [0, 0.05) is 30.2 Å². The van der Waals surface area contributed by atoms with E-state index in [0.29, 0.717) is 0 Å². The highest BCUT2D eigenvalue weighted by molar-refractivity contribution is 7.09. The Morgan fingerprint density at radius 2 is 1.95 bits per heavy atom. The monoisotopic (exact) mass is 274 g/mol. The van der Waals surface area contributed by atoms with Gasteiger partial charge in [0.05, 0.1) is 0 Å². The maximum absolute atomic E-state index is 5.81. The predicted molar refractivity (Wildman–Crippen MR) is 85.1 cm³/mol. The molecule has 19 heavy (non-hydrogen) atoms. The molecule has 1 aromatic heterocycles. The van der Waals surface area contributed by atoms with Crippen LogP contribution >= 0.6 is 11.3 Å². The molecular formula is C16H22N2S. The van der Waals surface area contributed by atoms with E-state index < -0.39 is 0 Å². The van der Waals surface area contributed by atoms with Crippen LogP contribution in [0.2, 0.25) is 0 Å². The molecule has 0 aliphatic heterocycles. The van der Waals surface area contributed by atoms with Crippen molar-refractivity contribution < 1.29 is 0 Å². The van der Waals surface area contributed by atoms with Crippen molar-refractivity contribution in [2.24, 2.45) is 5.73 Å². The summed E-state index contributed by atoms with van der Waals surface area (Å²) in [5.41, 5.74) is 8.39. The van der Waals surface area contributed by atoms with Crippen molar-refractivity contribution in [2.45, 2.75) is 25.8 Å². The lowest BCUT2D eigenvalue weighted by Crippen LogP contribution is -2.20. The number of thiophene rings is 1. The van der Waals surface area contributed by atoms with Gasteiger partial charge in [0.25, 0.3) is 0 Å². The fourth-order valence-electron chi connectivity index (χ4n) is 2.12. The van der Waals surface area contributed by atoms with Gasteiger partial charge in [0.2, 0.25) is 0 Å². The van der Waals surface area contributed by atoms with E-state index in [2.05, 4.69) is 53.7 Å². The first kappa shape index (κ1) is 14.1. The maximum Gasteiger partial charge on any atom is 0.0363 e. The summed E-state index contributed by atoms with van der Waals surface area (Å²) >= 11 is 1.83. The third kappa shape index (κ3) is 4.37. The molecule has 0 saturated heterocycles. The summed E-state index contributed by atoms with van der Waals surface area (Å²) in [7, 11) is 2.15. The van der Waals surface area contributed by atoms with E-state index >= 15 is 0 Å². The van der Waals surface area contributed by atoms with Crippen molar-refractivity contribution in [3.63, 3.8) is 0 Å². The number of hydrogen-bond donors (Lipinski definition) is 1. The number of likely N-dealkylation sites (N-methyl/N-ethyl adjacent to an activating group) is 1. The smallest absolute Gasteiger partial charge is 0.0363 e. The second kappa shape index (κ2) is 6.73. The Morgan fingerprint density at radius 3 is 2.53 bits per heavy atom. The summed E-state index contributed by atoms with van der Waals surface area (Å²) in [5.74, 6) is 0. The van der Waals surface area contributed by atoms with Crippen LogP contribution < -0.4 is 10.6 Å². The van der Waals surface area contributed by atoms with E-state index in [1.54, 1.807) is 0 Å². The molecule has 1 unspecified atom stereocenters. The third-order valence-corrected chi connectivity index (χ3v) is 4.14. The van der Waals surface area contributed by atoms with Crippen LogP contribution in [0.25, 0.3) is 0 Å². The van der Waals surface area contributed by atoms with Gasteiger partial charge in [0.1, 0.15) is 0 Å². The Labute approximate surface area is 119 Å². The van der Waals surface area contributed by atoms with Gasteiger partial charge in [-0.1, -0.05) is 18.2 Å². The highest BCUT2D eigenvalue weighted by Gasteiger charge is 2.03. The Kier molecular flexibility index (Phi) is 5.00. The summed E-state index contributed by atoms with van der Waals surface area (Å²) in [4.78, 5) is 3.75. The third-order valence-electron chi connectivity index (χ3n) is 3.21. The van der Waals surface area contributed by atoms with Crippen LogP contribution in [0.3, 0.4) is 0 Å². The largest absolute Gasteiger partial charge is 0.374 e. The van der Waals surface area contributed by atoms with E-state index in [0.717, 1.165) is 19.4 Å². The Bertz CT molecular complexity index is 474. The first-order valence-corrected chi connectivity index (χ1v) is 7.61. The van der Waals surface area contributed by atoms with Crippen molar-refractivity contribution in [1.29, 1.82) is 0 Å². The number of benzene rings is 1. The molecule has 0 saturated carbocycles. The summed E-state index contributed by atoms with van der Waals surface area (Å²) in [6.07, 6.45) is 2.05. The lowest BCUT2D eigenvalue weighted by Gasteiger charge is -2.19. The van der Waals surface area contributed by atoms with E-state index in [1.807, 2.05) is 18.3 Å². The second-order valence-corrected chi connectivity index (χ2v) is 6.13. The molecule has 2 N–H and O–H groups in total. The number of rotatable bonds is 6. The SMILES string of the molecule is CC(N)Cc1ccc(N(C)CCc2cccs2)cc1. The molecule has 2 aromatic rings. The Morgan fingerprint density at radius 1 is 1.21 bits per heavy atom. The molecule has 0 fully saturated rings. The molecule has 0 aliphatic carbocycles. The van der Waals surface area contributed by atoms with E-state index in [-0.39, 0.29) is 6.04 Å². The van der Waals surface area contributed by atoms with Crippen molar-refractivity contribution in [3.8, 4) is 0 Å². The average Bonchev–Trinajstić information content (AvgIpc) is 2.89. The topological polar surface area (TPSA) is 29.3 Å². The van der Waals surface area contributed by atoms with Crippen LogP contribution in [0.15, 0.2) is 41.8 Å². The van der Waals surface area contributed by atoms with Crippen molar-refractivity contribution in [3.05, 3.63) is 52.2 Å². The first-order chi connectivity index (χ1) is 9.15. The van der Waals surface area contributed by atoms with Crippen LogP contribution in [0.5, 0.6) is 0 Å². The molecule has 102 valence electrons. The number of nitrogens with two attached hydrogens (primary N) is 1. The molecule has 0 aliphatic rings. The lowest BCUT2D eigenvalue weighted by molar-refractivity contribution is 0.738. The summed E-state index contributed by atoms with van der Waals surface area (Å²) in [6, 6.07) is 13.3. The summed E-state index contributed by atoms with van der Waals surface area (Å²) in [6.45, 7) is 3.09. The zero-order chi connectivity index (χ0) is 13.7. The molecule has 0 radical (unpaired) electrons. The van der Waals surface area contributed by atoms with E-state index in [1.165, 1.54) is 16.1 Å². The van der Waals surface area contributed by atoms with E-state index in [9.17, 15) is 0 Å². The van der Waals surface area contributed by atoms with Gasteiger partial charge in [-0.25, -0.2) is 0 Å². The van der Waals surface area contributed by atoms with Crippen molar-refractivity contribution >= 4 is 17.0 Å². The molecule has 1 atom stereocenters. The van der Waals surface area contributed by atoms with Crippen LogP contribution in [0.4, 0.5) is 5.69 Å². The summed E-state index contributed by atoms with van der Waals surface area (Å²) in [5, 5.41) is 2.14. The first-order valence-electron chi connectivity index (χ1n) is 6.73. The van der Waals surface area contributed by atoms with Crippen LogP contribution in [0, 0.1) is 0 Å². The average molecular weight is 274 g/mol. The van der Waals surface area contributed by atoms with Gasteiger partial charge >= 0.3 is 0 Å².